The molecule has 0 radical (unpaired) electrons. The fraction of sp³-hybridized carbons (Fsp3) is 0.167. The van der Waals surface area contributed by atoms with E-state index in [9.17, 15) is 13.6 Å². The molecule has 1 heterocycles. The van der Waals surface area contributed by atoms with E-state index in [0.29, 0.717) is 0 Å². The summed E-state index contributed by atoms with van der Waals surface area (Å²) in [4.78, 5) is 10.5. The topological polar surface area (TPSA) is 96.4 Å². The first-order valence-electron chi connectivity index (χ1n) is 3.02. The molecule has 0 spiro atoms. The van der Waals surface area contributed by atoms with E-state index in [0.717, 1.165) is 6.07 Å². The molecule has 1 rings (SSSR count). The van der Waals surface area contributed by atoms with Gasteiger partial charge < -0.3 is 14.7 Å². The van der Waals surface area contributed by atoms with Crippen LogP contribution < -0.4 is 35.3 Å². The molecule has 5 nitrogen and oxygen atoms in total. The van der Waals surface area contributed by atoms with E-state index >= 15 is 0 Å². The van der Waals surface area contributed by atoms with Gasteiger partial charge in [0.15, 0.2) is 5.76 Å². The minimum absolute atomic E-state index is 0. The predicted octanol–water partition coefficient (Wildman–Crippen LogP) is -3.07. The van der Waals surface area contributed by atoms with Crippen LogP contribution in [0.4, 0.5) is 0 Å². The molecule has 0 aromatic carbocycles. The van der Waals surface area contributed by atoms with Gasteiger partial charge in [0.1, 0.15) is 5.76 Å². The third-order valence-corrected chi connectivity index (χ3v) is 2.06. The zero-order chi connectivity index (χ0) is 9.30. The molecule has 7 heteroatoms. The molecule has 0 aliphatic carbocycles. The fourth-order valence-corrected chi connectivity index (χ4v) is 1.23. The van der Waals surface area contributed by atoms with E-state index < -0.39 is 17.0 Å². The Morgan fingerprint density at radius 3 is 2.46 bits per heavy atom. The third kappa shape index (κ3) is 2.92. The van der Waals surface area contributed by atoms with E-state index in [1.54, 1.807) is 0 Å². The Bertz CT molecular complexity index is 348. The number of aryl methyl sites for hydroxylation is 1. The molecule has 2 N–H and O–H groups in total. The maximum absolute atomic E-state index is 10.5. The summed E-state index contributed by atoms with van der Waals surface area (Å²) < 4.78 is 25.7. The SMILES string of the molecule is Cc1oc(C(N)=O)cc1S(=O)[O-].[Na+]. The van der Waals surface area contributed by atoms with Crippen molar-refractivity contribution >= 4 is 17.0 Å². The molecule has 1 unspecified atom stereocenters. The molecule has 1 atom stereocenters. The van der Waals surface area contributed by atoms with Crippen molar-refractivity contribution in [2.75, 3.05) is 0 Å². The Balaban J connectivity index is 0.00000144. The van der Waals surface area contributed by atoms with Gasteiger partial charge in [0, 0.05) is 6.07 Å². The van der Waals surface area contributed by atoms with Crippen molar-refractivity contribution in [3.05, 3.63) is 17.6 Å². The number of hydrogen-bond donors (Lipinski definition) is 1. The van der Waals surface area contributed by atoms with Crippen LogP contribution in [0.2, 0.25) is 0 Å². The largest absolute Gasteiger partial charge is 1.00 e. The van der Waals surface area contributed by atoms with Crippen LogP contribution in [0.3, 0.4) is 0 Å². The number of carbonyl (C=O) groups is 1. The average Bonchev–Trinajstić information content (AvgIpc) is 2.30. The Labute approximate surface area is 99.2 Å². The van der Waals surface area contributed by atoms with Crippen molar-refractivity contribution in [1.82, 2.24) is 0 Å². The van der Waals surface area contributed by atoms with Gasteiger partial charge in [0.2, 0.25) is 0 Å². The van der Waals surface area contributed by atoms with Crippen molar-refractivity contribution in [2.24, 2.45) is 5.73 Å². The molecule has 0 bridgehead atoms. The third-order valence-electron chi connectivity index (χ3n) is 1.29. The number of rotatable bonds is 2. The van der Waals surface area contributed by atoms with Gasteiger partial charge >= 0.3 is 29.6 Å². The molecule has 13 heavy (non-hydrogen) atoms. The fourth-order valence-electron chi connectivity index (χ4n) is 0.752. The van der Waals surface area contributed by atoms with Crippen LogP contribution in [-0.4, -0.2) is 14.7 Å². The number of furan rings is 1. The van der Waals surface area contributed by atoms with Crippen LogP contribution in [0.25, 0.3) is 0 Å². The zero-order valence-electron chi connectivity index (χ0n) is 7.20. The van der Waals surface area contributed by atoms with E-state index in [-0.39, 0.29) is 46.0 Å². The summed E-state index contributed by atoms with van der Waals surface area (Å²) in [5, 5.41) is 0. The number of hydrogen-bond acceptors (Lipinski definition) is 4. The maximum Gasteiger partial charge on any atom is 1.00 e. The van der Waals surface area contributed by atoms with Crippen LogP contribution in [0.1, 0.15) is 16.3 Å². The van der Waals surface area contributed by atoms with E-state index in [4.69, 9.17) is 10.2 Å². The summed E-state index contributed by atoms with van der Waals surface area (Å²) in [6, 6.07) is 1.10. The van der Waals surface area contributed by atoms with Crippen LogP contribution in [0.15, 0.2) is 15.4 Å². The summed E-state index contributed by atoms with van der Waals surface area (Å²) >= 11 is -2.39. The molecule has 0 aliphatic heterocycles. The van der Waals surface area contributed by atoms with Crippen LogP contribution in [-0.2, 0) is 11.1 Å². The van der Waals surface area contributed by atoms with E-state index in [1.807, 2.05) is 0 Å². The van der Waals surface area contributed by atoms with Crippen molar-refractivity contribution < 1.29 is 47.5 Å². The number of carbonyl (C=O) groups excluding carboxylic acids is 1. The second-order valence-corrected chi connectivity index (χ2v) is 3.04. The molecule has 0 aliphatic rings. The first kappa shape index (κ1) is 12.9. The van der Waals surface area contributed by atoms with Gasteiger partial charge in [-0.1, -0.05) is 0 Å². The van der Waals surface area contributed by atoms with Crippen molar-refractivity contribution in [2.45, 2.75) is 11.8 Å². The molecular weight excluding hydrogens is 205 g/mol. The first-order chi connectivity index (χ1) is 5.52. The second-order valence-electron chi connectivity index (χ2n) is 2.13. The summed E-state index contributed by atoms with van der Waals surface area (Å²) in [5.74, 6) is -0.765. The van der Waals surface area contributed by atoms with Gasteiger partial charge in [-0.2, -0.15) is 0 Å². The van der Waals surface area contributed by atoms with Gasteiger partial charge in [-0.05, 0) is 18.0 Å². The van der Waals surface area contributed by atoms with E-state index in [1.165, 1.54) is 6.92 Å². The van der Waals surface area contributed by atoms with Crippen LogP contribution in [0.5, 0.6) is 0 Å². The predicted molar refractivity (Wildman–Crippen MR) is 39.1 cm³/mol. The van der Waals surface area contributed by atoms with Crippen LogP contribution in [0, 0.1) is 6.92 Å². The summed E-state index contributed by atoms with van der Waals surface area (Å²) in [6.45, 7) is 1.44. The second kappa shape index (κ2) is 4.92. The Morgan fingerprint density at radius 2 is 2.23 bits per heavy atom. The summed E-state index contributed by atoms with van der Waals surface area (Å²) in [5.41, 5.74) is 4.86. The Hall–Kier alpha value is -0.140. The number of primary amides is 1. The van der Waals surface area contributed by atoms with Gasteiger partial charge in [-0.3, -0.25) is 9.00 Å². The first-order valence-corrected chi connectivity index (χ1v) is 4.09. The normalized spacial score (nSPS) is 11.8. The van der Waals surface area contributed by atoms with Gasteiger partial charge in [-0.15, -0.1) is 0 Å². The molecular formula is C6H6NNaO4S. The average molecular weight is 211 g/mol. The minimum Gasteiger partial charge on any atom is -0.768 e. The van der Waals surface area contributed by atoms with E-state index in [2.05, 4.69) is 0 Å². The van der Waals surface area contributed by atoms with Crippen molar-refractivity contribution in [3.8, 4) is 0 Å². The Kier molecular flexibility index (Phi) is 4.87. The van der Waals surface area contributed by atoms with Crippen molar-refractivity contribution in [1.29, 1.82) is 0 Å². The monoisotopic (exact) mass is 211 g/mol. The quantitative estimate of drug-likeness (QED) is 0.414. The van der Waals surface area contributed by atoms with Gasteiger partial charge in [-0.25, -0.2) is 0 Å². The number of nitrogens with two attached hydrogens (primary N) is 1. The zero-order valence-corrected chi connectivity index (χ0v) is 10.0. The minimum atomic E-state index is -2.39. The molecule has 0 saturated heterocycles. The van der Waals surface area contributed by atoms with Crippen molar-refractivity contribution in [3.63, 3.8) is 0 Å². The molecule has 66 valence electrons. The molecule has 0 saturated carbocycles. The summed E-state index contributed by atoms with van der Waals surface area (Å²) in [7, 11) is 0. The molecule has 1 aromatic heterocycles. The molecule has 1 aromatic rings. The summed E-state index contributed by atoms with van der Waals surface area (Å²) in [6.07, 6.45) is 0. The smallest absolute Gasteiger partial charge is 0.768 e. The molecule has 0 fully saturated rings. The number of amides is 1. The molecule has 1 amide bonds. The van der Waals surface area contributed by atoms with Gasteiger partial charge in [0.25, 0.3) is 5.91 Å². The Morgan fingerprint density at radius 1 is 1.69 bits per heavy atom. The standard InChI is InChI=1S/C6H7NO4S.Na/c1-3-5(12(9)10)2-4(11-3)6(7)8;/h2H,1H3,(H2,7,8)(H,9,10);/q;+1/p-1. The van der Waals surface area contributed by atoms with Crippen LogP contribution >= 0.6 is 0 Å². The maximum atomic E-state index is 10.5. The van der Waals surface area contributed by atoms with Gasteiger partial charge in [0.05, 0.1) is 4.90 Å².